The summed E-state index contributed by atoms with van der Waals surface area (Å²) >= 11 is 0. The first-order chi connectivity index (χ1) is 9.63. The second kappa shape index (κ2) is 6.16. The van der Waals surface area contributed by atoms with Gasteiger partial charge in [0.15, 0.2) is 11.5 Å². The van der Waals surface area contributed by atoms with E-state index in [2.05, 4.69) is 5.32 Å². The van der Waals surface area contributed by atoms with Gasteiger partial charge in [-0.3, -0.25) is 0 Å². The number of benzene rings is 2. The molecule has 0 fully saturated rings. The highest BCUT2D eigenvalue weighted by Gasteiger charge is 2.11. The minimum Gasteiger partial charge on any atom is -0.504 e. The lowest BCUT2D eigenvalue weighted by Gasteiger charge is -2.13. The Bertz CT molecular complexity index is 598. The third-order valence-corrected chi connectivity index (χ3v) is 3.00. The van der Waals surface area contributed by atoms with E-state index in [9.17, 15) is 15.3 Å². The van der Waals surface area contributed by atoms with Gasteiger partial charge in [0.2, 0.25) is 5.75 Å². The molecule has 2 rings (SSSR count). The zero-order valence-corrected chi connectivity index (χ0v) is 11.1. The Morgan fingerprint density at radius 1 is 0.950 bits per heavy atom. The van der Waals surface area contributed by atoms with Crippen molar-refractivity contribution in [3.05, 3.63) is 47.5 Å². The van der Waals surface area contributed by atoms with Gasteiger partial charge in [-0.15, -0.1) is 0 Å². The molecule has 2 aromatic carbocycles. The molecule has 4 N–H and O–H groups in total. The van der Waals surface area contributed by atoms with Gasteiger partial charge in [-0.1, -0.05) is 18.2 Å². The molecule has 5 heteroatoms. The quantitative estimate of drug-likeness (QED) is 0.630. The number of methoxy groups -OCH3 is 1. The summed E-state index contributed by atoms with van der Waals surface area (Å²) in [6.45, 7) is 0.802. The van der Waals surface area contributed by atoms with Crippen LogP contribution in [0, 0.1) is 0 Å². The Morgan fingerprint density at radius 2 is 1.70 bits per heavy atom. The second-order valence-corrected chi connectivity index (χ2v) is 4.38. The van der Waals surface area contributed by atoms with E-state index < -0.39 is 5.75 Å². The molecule has 0 spiro atoms. The number of anilines is 1. The van der Waals surface area contributed by atoms with E-state index >= 15 is 0 Å². The first kappa shape index (κ1) is 14.0. The first-order valence-corrected chi connectivity index (χ1v) is 6.17. The Kier molecular flexibility index (Phi) is 4.32. The van der Waals surface area contributed by atoms with E-state index in [-0.39, 0.29) is 11.5 Å². The van der Waals surface area contributed by atoms with Gasteiger partial charge in [-0.05, 0) is 18.2 Å². The van der Waals surface area contributed by atoms with Crippen LogP contribution >= 0.6 is 0 Å². The molecule has 0 unspecified atom stereocenters. The van der Waals surface area contributed by atoms with E-state index in [0.717, 1.165) is 11.3 Å². The Morgan fingerprint density at radius 3 is 2.45 bits per heavy atom. The normalized spacial score (nSPS) is 10.4. The highest BCUT2D eigenvalue weighted by atomic mass is 16.5. The van der Waals surface area contributed by atoms with Crippen LogP contribution in [0.5, 0.6) is 17.2 Å². The molecule has 0 aromatic heterocycles. The Hall–Kier alpha value is -2.40. The van der Waals surface area contributed by atoms with E-state index in [0.29, 0.717) is 18.7 Å². The monoisotopic (exact) mass is 275 g/mol. The topological polar surface area (TPSA) is 82.0 Å². The molecule has 0 aliphatic rings. The minimum atomic E-state index is -0.505. The van der Waals surface area contributed by atoms with Gasteiger partial charge in [-0.25, -0.2) is 0 Å². The molecule has 0 atom stereocenters. The highest BCUT2D eigenvalue weighted by Crippen LogP contribution is 2.37. The third-order valence-electron chi connectivity index (χ3n) is 3.00. The van der Waals surface area contributed by atoms with E-state index in [1.165, 1.54) is 6.07 Å². The van der Waals surface area contributed by atoms with Crippen LogP contribution in [0.25, 0.3) is 0 Å². The average Bonchev–Trinajstić information content (AvgIpc) is 2.46. The van der Waals surface area contributed by atoms with E-state index in [1.54, 1.807) is 13.2 Å². The maximum Gasteiger partial charge on any atom is 0.200 e. The summed E-state index contributed by atoms with van der Waals surface area (Å²) in [5, 5.41) is 31.7. The van der Waals surface area contributed by atoms with Crippen LogP contribution in [0.3, 0.4) is 0 Å². The summed E-state index contributed by atoms with van der Waals surface area (Å²) in [5.74, 6) is -1.16. The van der Waals surface area contributed by atoms with Gasteiger partial charge in [0.1, 0.15) is 0 Å². The number of ether oxygens (including phenoxy) is 1. The SMILES string of the molecule is COCc1ccccc1NCc1ccc(O)c(O)c1O. The van der Waals surface area contributed by atoms with Crippen molar-refractivity contribution in [2.45, 2.75) is 13.2 Å². The fourth-order valence-electron chi connectivity index (χ4n) is 1.92. The lowest BCUT2D eigenvalue weighted by atomic mass is 10.1. The zero-order valence-electron chi connectivity index (χ0n) is 11.1. The van der Waals surface area contributed by atoms with Crippen LogP contribution in [0.2, 0.25) is 0 Å². The lowest BCUT2D eigenvalue weighted by molar-refractivity contribution is 0.185. The number of phenolic OH excluding ortho intramolecular Hbond substituents is 3. The summed E-state index contributed by atoms with van der Waals surface area (Å²) in [4.78, 5) is 0. The molecular formula is C15H17NO4. The van der Waals surface area contributed by atoms with Crippen molar-refractivity contribution in [3.8, 4) is 17.2 Å². The van der Waals surface area contributed by atoms with Crippen LogP contribution in [0.15, 0.2) is 36.4 Å². The molecule has 5 nitrogen and oxygen atoms in total. The number of nitrogens with one attached hydrogen (secondary N) is 1. The summed E-state index contributed by atoms with van der Waals surface area (Å²) in [6.07, 6.45) is 0. The number of hydrogen-bond acceptors (Lipinski definition) is 5. The van der Waals surface area contributed by atoms with Crippen LogP contribution in [-0.2, 0) is 17.9 Å². The fourth-order valence-corrected chi connectivity index (χ4v) is 1.92. The summed E-state index contributed by atoms with van der Waals surface area (Å²) in [5.41, 5.74) is 2.38. The number of para-hydroxylation sites is 1. The van der Waals surface area contributed by atoms with Crippen molar-refractivity contribution in [1.29, 1.82) is 0 Å². The van der Waals surface area contributed by atoms with Gasteiger partial charge in [0, 0.05) is 30.5 Å². The molecule has 20 heavy (non-hydrogen) atoms. The Balaban J connectivity index is 2.15. The molecule has 106 valence electrons. The maximum absolute atomic E-state index is 9.75. The lowest BCUT2D eigenvalue weighted by Crippen LogP contribution is -2.03. The van der Waals surface area contributed by atoms with Gasteiger partial charge in [-0.2, -0.15) is 0 Å². The molecule has 0 amide bonds. The smallest absolute Gasteiger partial charge is 0.200 e. The van der Waals surface area contributed by atoms with Gasteiger partial charge >= 0.3 is 0 Å². The van der Waals surface area contributed by atoms with Crippen molar-refractivity contribution in [3.63, 3.8) is 0 Å². The average molecular weight is 275 g/mol. The molecule has 0 radical (unpaired) electrons. The summed E-state index contributed by atoms with van der Waals surface area (Å²) < 4.78 is 5.12. The molecular weight excluding hydrogens is 258 g/mol. The van der Waals surface area contributed by atoms with Crippen molar-refractivity contribution >= 4 is 5.69 Å². The van der Waals surface area contributed by atoms with Crippen molar-refractivity contribution in [2.24, 2.45) is 0 Å². The Labute approximate surface area is 117 Å². The third kappa shape index (κ3) is 2.95. The van der Waals surface area contributed by atoms with Crippen molar-refractivity contribution in [2.75, 3.05) is 12.4 Å². The largest absolute Gasteiger partial charge is 0.504 e. The molecule has 0 saturated heterocycles. The molecule has 0 aliphatic heterocycles. The van der Waals surface area contributed by atoms with Crippen LogP contribution in [0.1, 0.15) is 11.1 Å². The molecule has 2 aromatic rings. The van der Waals surface area contributed by atoms with Crippen molar-refractivity contribution in [1.82, 2.24) is 0 Å². The molecule has 0 aliphatic carbocycles. The number of hydrogen-bond donors (Lipinski definition) is 4. The van der Waals surface area contributed by atoms with Gasteiger partial charge in [0.05, 0.1) is 6.61 Å². The minimum absolute atomic E-state index is 0.318. The van der Waals surface area contributed by atoms with Crippen LogP contribution in [0.4, 0.5) is 5.69 Å². The van der Waals surface area contributed by atoms with Gasteiger partial charge < -0.3 is 25.4 Å². The number of aromatic hydroxyl groups is 3. The zero-order chi connectivity index (χ0) is 14.5. The maximum atomic E-state index is 9.75. The van der Waals surface area contributed by atoms with Crippen LogP contribution in [-0.4, -0.2) is 22.4 Å². The van der Waals surface area contributed by atoms with Crippen molar-refractivity contribution < 1.29 is 20.1 Å². The molecule has 0 heterocycles. The summed E-state index contributed by atoms with van der Waals surface area (Å²) in [7, 11) is 1.63. The fraction of sp³-hybridized carbons (Fsp3) is 0.200. The number of rotatable bonds is 5. The predicted molar refractivity (Wildman–Crippen MR) is 75.9 cm³/mol. The molecule has 0 bridgehead atoms. The summed E-state index contributed by atoms with van der Waals surface area (Å²) in [6, 6.07) is 10.6. The van der Waals surface area contributed by atoms with Gasteiger partial charge in [0.25, 0.3) is 0 Å². The first-order valence-electron chi connectivity index (χ1n) is 6.17. The second-order valence-electron chi connectivity index (χ2n) is 4.38. The molecule has 0 saturated carbocycles. The number of phenols is 3. The van der Waals surface area contributed by atoms with E-state index in [4.69, 9.17) is 4.74 Å². The van der Waals surface area contributed by atoms with E-state index in [1.807, 2.05) is 24.3 Å². The standard InChI is InChI=1S/C15H17NO4/c1-20-9-11-4-2-3-5-12(11)16-8-10-6-7-13(17)15(19)14(10)18/h2-7,16-19H,8-9H2,1H3. The van der Waals surface area contributed by atoms with Crippen LogP contribution < -0.4 is 5.32 Å². The highest BCUT2D eigenvalue weighted by molar-refractivity contribution is 5.56. The predicted octanol–water partition coefficient (Wildman–Crippen LogP) is 2.56.